The van der Waals surface area contributed by atoms with E-state index in [1.54, 1.807) is 12.1 Å². The van der Waals surface area contributed by atoms with E-state index in [9.17, 15) is 9.59 Å². The van der Waals surface area contributed by atoms with Crippen LogP contribution in [0.1, 0.15) is 12.0 Å². The Morgan fingerprint density at radius 2 is 1.81 bits per heavy atom. The number of carbonyl (C=O) groups is 2. The van der Waals surface area contributed by atoms with Crippen LogP contribution in [-0.2, 0) is 20.7 Å². The fourth-order valence-electron chi connectivity index (χ4n) is 1.15. The van der Waals surface area contributed by atoms with Crippen molar-refractivity contribution in [1.82, 2.24) is 0 Å². The van der Waals surface area contributed by atoms with E-state index < -0.39 is 11.9 Å². The molecule has 1 amide bonds. The van der Waals surface area contributed by atoms with Crippen LogP contribution < -0.4 is 11.5 Å². The molecular weight excluding hydrogens is 208 g/mol. The van der Waals surface area contributed by atoms with Crippen LogP contribution in [0.15, 0.2) is 24.3 Å². The molecule has 0 saturated heterocycles. The average molecular weight is 222 g/mol. The van der Waals surface area contributed by atoms with Gasteiger partial charge in [-0.15, -0.1) is 0 Å². The lowest BCUT2D eigenvalue weighted by Gasteiger charge is -2.03. The summed E-state index contributed by atoms with van der Waals surface area (Å²) in [5.74, 6) is -1.09. The number of nitrogens with two attached hydrogens (primary N) is 2. The van der Waals surface area contributed by atoms with E-state index in [0.29, 0.717) is 12.1 Å². The Hall–Kier alpha value is -2.04. The van der Waals surface area contributed by atoms with E-state index in [1.165, 1.54) is 0 Å². The maximum atomic E-state index is 11.1. The lowest BCUT2D eigenvalue weighted by Crippen LogP contribution is -2.21. The second kappa shape index (κ2) is 5.75. The molecule has 0 aliphatic heterocycles. The van der Waals surface area contributed by atoms with Gasteiger partial charge in [-0.25, -0.2) is 0 Å². The standard InChI is InChI=1S/C11H14N2O3/c12-9-4-1-8(2-5-9)3-6-11(15)16-7-10(13)14/h1-2,4-5H,3,6-7,12H2,(H2,13,14). The summed E-state index contributed by atoms with van der Waals surface area (Å²) in [6.07, 6.45) is 0.773. The first-order chi connectivity index (χ1) is 7.58. The molecule has 0 unspecified atom stereocenters. The van der Waals surface area contributed by atoms with Crippen molar-refractivity contribution in [1.29, 1.82) is 0 Å². The first-order valence-corrected chi connectivity index (χ1v) is 4.86. The Bertz CT molecular complexity index is 373. The van der Waals surface area contributed by atoms with Crippen LogP contribution in [0.2, 0.25) is 0 Å². The minimum absolute atomic E-state index is 0.219. The summed E-state index contributed by atoms with van der Waals surface area (Å²) in [5.41, 5.74) is 12.0. The van der Waals surface area contributed by atoms with Gasteiger partial charge in [-0.1, -0.05) is 12.1 Å². The molecule has 5 heteroatoms. The molecule has 5 nitrogen and oxygen atoms in total. The summed E-state index contributed by atoms with van der Waals surface area (Å²) >= 11 is 0. The number of nitrogen functional groups attached to an aromatic ring is 1. The molecule has 0 saturated carbocycles. The number of rotatable bonds is 5. The molecule has 0 heterocycles. The summed E-state index contributed by atoms with van der Waals surface area (Å²) in [4.78, 5) is 21.5. The molecule has 0 aliphatic rings. The molecule has 0 atom stereocenters. The third-order valence-electron chi connectivity index (χ3n) is 1.97. The summed E-state index contributed by atoms with van der Waals surface area (Å²) in [5, 5.41) is 0. The highest BCUT2D eigenvalue weighted by Gasteiger charge is 2.05. The SMILES string of the molecule is NC(=O)COC(=O)CCc1ccc(N)cc1. The van der Waals surface area contributed by atoms with Crippen LogP contribution >= 0.6 is 0 Å². The average Bonchev–Trinajstić information content (AvgIpc) is 2.25. The number of amides is 1. The maximum Gasteiger partial charge on any atom is 0.306 e. The van der Waals surface area contributed by atoms with Crippen LogP contribution in [0.4, 0.5) is 5.69 Å². The van der Waals surface area contributed by atoms with Crippen molar-refractivity contribution >= 4 is 17.6 Å². The highest BCUT2D eigenvalue weighted by atomic mass is 16.5. The zero-order valence-corrected chi connectivity index (χ0v) is 8.81. The zero-order valence-electron chi connectivity index (χ0n) is 8.81. The van der Waals surface area contributed by atoms with Crippen molar-refractivity contribution in [2.75, 3.05) is 12.3 Å². The summed E-state index contributed by atoms with van der Waals surface area (Å²) in [6, 6.07) is 7.22. The normalized spacial score (nSPS) is 9.75. The Labute approximate surface area is 93.4 Å². The molecule has 0 spiro atoms. The van der Waals surface area contributed by atoms with Crippen molar-refractivity contribution in [3.05, 3.63) is 29.8 Å². The summed E-state index contributed by atoms with van der Waals surface area (Å²) < 4.78 is 4.61. The van der Waals surface area contributed by atoms with Crippen molar-refractivity contribution in [3.8, 4) is 0 Å². The number of aryl methyl sites for hydroxylation is 1. The maximum absolute atomic E-state index is 11.1. The third-order valence-corrected chi connectivity index (χ3v) is 1.97. The quantitative estimate of drug-likeness (QED) is 0.550. The predicted octanol–water partition coefficient (Wildman–Crippen LogP) is 0.230. The number of anilines is 1. The highest BCUT2D eigenvalue weighted by Crippen LogP contribution is 2.07. The minimum Gasteiger partial charge on any atom is -0.456 e. The van der Waals surface area contributed by atoms with Crippen LogP contribution in [0, 0.1) is 0 Å². The topological polar surface area (TPSA) is 95.4 Å². The lowest BCUT2D eigenvalue weighted by molar-refractivity contribution is -0.147. The Morgan fingerprint density at radius 3 is 2.38 bits per heavy atom. The monoisotopic (exact) mass is 222 g/mol. The molecule has 4 N–H and O–H groups in total. The summed E-state index contributed by atoms with van der Waals surface area (Å²) in [7, 11) is 0. The fraction of sp³-hybridized carbons (Fsp3) is 0.273. The number of carbonyl (C=O) groups excluding carboxylic acids is 2. The molecular formula is C11H14N2O3. The van der Waals surface area contributed by atoms with E-state index in [-0.39, 0.29) is 13.0 Å². The number of ether oxygens (including phenoxy) is 1. The molecule has 0 aliphatic carbocycles. The van der Waals surface area contributed by atoms with Gasteiger partial charge in [0.15, 0.2) is 6.61 Å². The molecule has 1 rings (SSSR count). The van der Waals surface area contributed by atoms with E-state index >= 15 is 0 Å². The van der Waals surface area contributed by atoms with E-state index in [4.69, 9.17) is 11.5 Å². The Morgan fingerprint density at radius 1 is 1.19 bits per heavy atom. The van der Waals surface area contributed by atoms with Crippen LogP contribution in [0.25, 0.3) is 0 Å². The van der Waals surface area contributed by atoms with Gasteiger partial charge in [0.25, 0.3) is 5.91 Å². The van der Waals surface area contributed by atoms with Gasteiger partial charge in [0.2, 0.25) is 0 Å². The molecule has 0 fully saturated rings. The molecule has 1 aromatic carbocycles. The van der Waals surface area contributed by atoms with Crippen LogP contribution in [0.5, 0.6) is 0 Å². The fourth-order valence-corrected chi connectivity index (χ4v) is 1.15. The van der Waals surface area contributed by atoms with Gasteiger partial charge < -0.3 is 16.2 Å². The van der Waals surface area contributed by atoms with Crippen LogP contribution in [-0.4, -0.2) is 18.5 Å². The molecule has 86 valence electrons. The van der Waals surface area contributed by atoms with Gasteiger partial charge in [-0.3, -0.25) is 9.59 Å². The molecule has 16 heavy (non-hydrogen) atoms. The molecule has 0 aromatic heterocycles. The molecule has 0 bridgehead atoms. The minimum atomic E-state index is -0.652. The van der Waals surface area contributed by atoms with E-state index in [2.05, 4.69) is 4.74 Å². The number of esters is 1. The van der Waals surface area contributed by atoms with Gasteiger partial charge in [0, 0.05) is 12.1 Å². The van der Waals surface area contributed by atoms with Crippen molar-refractivity contribution in [2.45, 2.75) is 12.8 Å². The summed E-state index contributed by atoms with van der Waals surface area (Å²) in [6.45, 7) is -0.361. The van der Waals surface area contributed by atoms with Gasteiger partial charge >= 0.3 is 5.97 Å². The third kappa shape index (κ3) is 4.45. The smallest absolute Gasteiger partial charge is 0.306 e. The van der Waals surface area contributed by atoms with Gasteiger partial charge in [0.05, 0.1) is 0 Å². The second-order valence-electron chi connectivity index (χ2n) is 3.37. The Balaban J connectivity index is 2.31. The Kier molecular flexibility index (Phi) is 4.32. The highest BCUT2D eigenvalue weighted by molar-refractivity contribution is 5.79. The number of hydrogen-bond acceptors (Lipinski definition) is 4. The van der Waals surface area contributed by atoms with Crippen molar-refractivity contribution < 1.29 is 14.3 Å². The first kappa shape index (κ1) is 12.0. The number of hydrogen-bond donors (Lipinski definition) is 2. The van der Waals surface area contributed by atoms with Gasteiger partial charge in [0.1, 0.15) is 0 Å². The van der Waals surface area contributed by atoms with Crippen molar-refractivity contribution in [3.63, 3.8) is 0 Å². The lowest BCUT2D eigenvalue weighted by atomic mass is 10.1. The first-order valence-electron chi connectivity index (χ1n) is 4.86. The van der Waals surface area contributed by atoms with Gasteiger partial charge in [-0.2, -0.15) is 0 Å². The van der Waals surface area contributed by atoms with E-state index in [0.717, 1.165) is 5.56 Å². The van der Waals surface area contributed by atoms with E-state index in [1.807, 2.05) is 12.1 Å². The largest absolute Gasteiger partial charge is 0.456 e. The van der Waals surface area contributed by atoms with Gasteiger partial charge in [-0.05, 0) is 24.1 Å². The molecule has 0 radical (unpaired) electrons. The van der Waals surface area contributed by atoms with Crippen LogP contribution in [0.3, 0.4) is 0 Å². The zero-order chi connectivity index (χ0) is 12.0. The second-order valence-corrected chi connectivity index (χ2v) is 3.37. The predicted molar refractivity (Wildman–Crippen MR) is 59.3 cm³/mol. The molecule has 1 aromatic rings. The van der Waals surface area contributed by atoms with Crippen molar-refractivity contribution in [2.24, 2.45) is 5.73 Å². The number of benzene rings is 1. The number of primary amides is 1.